The summed E-state index contributed by atoms with van der Waals surface area (Å²) in [5.41, 5.74) is 6.03. The van der Waals surface area contributed by atoms with E-state index in [2.05, 4.69) is 33.7 Å². The SMILES string of the molecule is CCCCCCOc1ccc(Br)cc1C(=O)NNC(=O)Cc1ccc(Cl)cc1. The average Bonchev–Trinajstić information content (AvgIpc) is 2.68. The lowest BCUT2D eigenvalue weighted by molar-refractivity contribution is -0.121. The Balaban J connectivity index is 1.90. The molecule has 2 aromatic rings. The number of rotatable bonds is 9. The molecule has 0 heterocycles. The molecule has 2 rings (SSSR count). The molecule has 0 fully saturated rings. The molecule has 28 heavy (non-hydrogen) atoms. The standard InChI is InChI=1S/C21H24BrClN2O3/c1-2-3-4-5-12-28-19-11-8-16(22)14-18(19)21(27)25-24-20(26)13-15-6-9-17(23)10-7-15/h6-11,14H,2-5,12-13H2,1H3,(H,24,26)(H,25,27). The van der Waals surface area contributed by atoms with Gasteiger partial charge < -0.3 is 4.74 Å². The minimum atomic E-state index is -0.436. The second kappa shape index (κ2) is 11.7. The molecule has 0 aliphatic heterocycles. The van der Waals surface area contributed by atoms with Gasteiger partial charge in [0.25, 0.3) is 5.91 Å². The molecule has 7 heteroatoms. The van der Waals surface area contributed by atoms with E-state index < -0.39 is 5.91 Å². The Morgan fingerprint density at radius 3 is 2.50 bits per heavy atom. The molecule has 150 valence electrons. The van der Waals surface area contributed by atoms with Crippen LogP contribution in [-0.2, 0) is 11.2 Å². The van der Waals surface area contributed by atoms with Gasteiger partial charge in [0.05, 0.1) is 18.6 Å². The first kappa shape index (κ1) is 22.2. The van der Waals surface area contributed by atoms with Crippen molar-refractivity contribution in [2.75, 3.05) is 6.61 Å². The molecule has 0 radical (unpaired) electrons. The maximum absolute atomic E-state index is 12.5. The van der Waals surface area contributed by atoms with Crippen molar-refractivity contribution in [3.8, 4) is 5.75 Å². The molecular weight excluding hydrogens is 444 g/mol. The van der Waals surface area contributed by atoms with Gasteiger partial charge in [0.1, 0.15) is 5.75 Å². The fraction of sp³-hybridized carbons (Fsp3) is 0.333. The molecule has 0 aliphatic carbocycles. The van der Waals surface area contributed by atoms with Crippen molar-refractivity contribution >= 4 is 39.3 Å². The van der Waals surface area contributed by atoms with Gasteiger partial charge in [-0.25, -0.2) is 0 Å². The molecule has 0 unspecified atom stereocenters. The van der Waals surface area contributed by atoms with Crippen LogP contribution in [0.2, 0.25) is 5.02 Å². The van der Waals surface area contributed by atoms with Gasteiger partial charge in [0.15, 0.2) is 0 Å². The Bertz CT molecular complexity index is 797. The Morgan fingerprint density at radius 1 is 1.04 bits per heavy atom. The number of carbonyl (C=O) groups excluding carboxylic acids is 2. The van der Waals surface area contributed by atoms with E-state index in [9.17, 15) is 9.59 Å². The summed E-state index contributed by atoms with van der Waals surface area (Å²) in [6, 6.07) is 12.2. The fourth-order valence-electron chi connectivity index (χ4n) is 2.54. The van der Waals surface area contributed by atoms with E-state index >= 15 is 0 Å². The van der Waals surface area contributed by atoms with Gasteiger partial charge in [-0.15, -0.1) is 0 Å². The molecule has 0 spiro atoms. The van der Waals surface area contributed by atoms with Crippen molar-refractivity contribution in [1.82, 2.24) is 10.9 Å². The number of unbranched alkanes of at least 4 members (excludes halogenated alkanes) is 3. The predicted octanol–water partition coefficient (Wildman–Crippen LogP) is 5.07. The van der Waals surface area contributed by atoms with E-state index in [-0.39, 0.29) is 12.3 Å². The highest BCUT2D eigenvalue weighted by Crippen LogP contribution is 2.23. The Morgan fingerprint density at radius 2 is 1.79 bits per heavy atom. The Hall–Kier alpha value is -2.05. The van der Waals surface area contributed by atoms with Gasteiger partial charge in [0, 0.05) is 9.50 Å². The first-order valence-corrected chi connectivity index (χ1v) is 10.4. The second-order valence-corrected chi connectivity index (χ2v) is 7.71. The number of amides is 2. The molecule has 0 aliphatic rings. The number of hydrogen-bond donors (Lipinski definition) is 2. The highest BCUT2D eigenvalue weighted by Gasteiger charge is 2.14. The minimum Gasteiger partial charge on any atom is -0.493 e. The summed E-state index contributed by atoms with van der Waals surface area (Å²) < 4.78 is 6.52. The number of halogens is 2. The van der Waals surface area contributed by atoms with Crippen molar-refractivity contribution in [2.24, 2.45) is 0 Å². The van der Waals surface area contributed by atoms with Crippen molar-refractivity contribution < 1.29 is 14.3 Å². The summed E-state index contributed by atoms with van der Waals surface area (Å²) in [7, 11) is 0. The highest BCUT2D eigenvalue weighted by atomic mass is 79.9. The maximum Gasteiger partial charge on any atom is 0.273 e. The number of nitrogens with one attached hydrogen (secondary N) is 2. The number of hydrazine groups is 1. The fourth-order valence-corrected chi connectivity index (χ4v) is 3.03. The zero-order valence-electron chi connectivity index (χ0n) is 15.8. The molecule has 0 saturated carbocycles. The number of carbonyl (C=O) groups is 2. The van der Waals surface area contributed by atoms with Crippen LogP contribution in [0.5, 0.6) is 5.75 Å². The number of ether oxygens (including phenoxy) is 1. The zero-order chi connectivity index (χ0) is 20.4. The van der Waals surface area contributed by atoms with Gasteiger partial charge in [0.2, 0.25) is 5.91 Å². The van der Waals surface area contributed by atoms with Gasteiger partial charge in [-0.2, -0.15) is 0 Å². The van der Waals surface area contributed by atoms with E-state index in [4.69, 9.17) is 16.3 Å². The van der Waals surface area contributed by atoms with Crippen LogP contribution in [0.1, 0.15) is 48.5 Å². The molecule has 5 nitrogen and oxygen atoms in total. The largest absolute Gasteiger partial charge is 0.493 e. The molecule has 0 saturated heterocycles. The molecule has 0 bridgehead atoms. The molecule has 2 N–H and O–H groups in total. The van der Waals surface area contributed by atoms with Crippen LogP contribution in [-0.4, -0.2) is 18.4 Å². The summed E-state index contributed by atoms with van der Waals surface area (Å²) in [6.45, 7) is 2.70. The maximum atomic E-state index is 12.5. The van der Waals surface area contributed by atoms with Gasteiger partial charge in [-0.1, -0.05) is 65.8 Å². The lowest BCUT2D eigenvalue weighted by atomic mass is 10.1. The smallest absolute Gasteiger partial charge is 0.273 e. The summed E-state index contributed by atoms with van der Waals surface area (Å²) >= 11 is 9.20. The zero-order valence-corrected chi connectivity index (χ0v) is 18.1. The van der Waals surface area contributed by atoms with Crippen molar-refractivity contribution in [3.05, 3.63) is 63.1 Å². The van der Waals surface area contributed by atoms with Crippen LogP contribution in [0, 0.1) is 0 Å². The van der Waals surface area contributed by atoms with Crippen LogP contribution in [0.3, 0.4) is 0 Å². The molecular formula is C21H24BrClN2O3. The number of hydrogen-bond acceptors (Lipinski definition) is 3. The van der Waals surface area contributed by atoms with E-state index in [0.29, 0.717) is 22.9 Å². The Kier molecular flexibility index (Phi) is 9.31. The third-order valence-electron chi connectivity index (χ3n) is 4.04. The van der Waals surface area contributed by atoms with Gasteiger partial charge in [-0.05, 0) is 42.3 Å². The molecule has 2 amide bonds. The monoisotopic (exact) mass is 466 g/mol. The topological polar surface area (TPSA) is 67.4 Å². The summed E-state index contributed by atoms with van der Waals surface area (Å²) in [4.78, 5) is 24.6. The van der Waals surface area contributed by atoms with Crippen LogP contribution in [0.4, 0.5) is 0 Å². The van der Waals surface area contributed by atoms with E-state index in [1.54, 1.807) is 36.4 Å². The summed E-state index contributed by atoms with van der Waals surface area (Å²) in [5.74, 6) is -0.272. The van der Waals surface area contributed by atoms with Gasteiger partial charge >= 0.3 is 0 Å². The Labute approximate surface area is 178 Å². The first-order valence-electron chi connectivity index (χ1n) is 9.25. The van der Waals surface area contributed by atoms with Crippen molar-refractivity contribution in [1.29, 1.82) is 0 Å². The molecule has 2 aromatic carbocycles. The average molecular weight is 468 g/mol. The van der Waals surface area contributed by atoms with E-state index in [1.807, 2.05) is 6.07 Å². The lowest BCUT2D eigenvalue weighted by Gasteiger charge is -2.13. The molecule has 0 atom stereocenters. The summed E-state index contributed by atoms with van der Waals surface area (Å²) in [6.07, 6.45) is 4.48. The third kappa shape index (κ3) is 7.52. The van der Waals surface area contributed by atoms with Crippen LogP contribution < -0.4 is 15.6 Å². The van der Waals surface area contributed by atoms with Crippen molar-refractivity contribution in [2.45, 2.75) is 39.0 Å². The van der Waals surface area contributed by atoms with Crippen LogP contribution in [0.25, 0.3) is 0 Å². The highest BCUT2D eigenvalue weighted by molar-refractivity contribution is 9.10. The first-order chi connectivity index (χ1) is 13.5. The molecule has 0 aromatic heterocycles. The van der Waals surface area contributed by atoms with Crippen LogP contribution >= 0.6 is 27.5 Å². The quantitative estimate of drug-likeness (QED) is 0.400. The van der Waals surface area contributed by atoms with Gasteiger partial charge in [-0.3, -0.25) is 20.4 Å². The lowest BCUT2D eigenvalue weighted by Crippen LogP contribution is -2.42. The number of benzene rings is 2. The predicted molar refractivity (Wildman–Crippen MR) is 115 cm³/mol. The second-order valence-electron chi connectivity index (χ2n) is 6.36. The normalized spacial score (nSPS) is 10.4. The minimum absolute atomic E-state index is 0.136. The van der Waals surface area contributed by atoms with Crippen molar-refractivity contribution in [3.63, 3.8) is 0 Å². The summed E-state index contributed by atoms with van der Waals surface area (Å²) in [5, 5.41) is 0.606. The van der Waals surface area contributed by atoms with Crippen LogP contribution in [0.15, 0.2) is 46.9 Å². The third-order valence-corrected chi connectivity index (χ3v) is 4.78. The van der Waals surface area contributed by atoms with E-state index in [0.717, 1.165) is 35.7 Å². The van der Waals surface area contributed by atoms with E-state index in [1.165, 1.54) is 0 Å².